The van der Waals surface area contributed by atoms with Crippen LogP contribution >= 0.6 is 0 Å². The first kappa shape index (κ1) is 12.9. The van der Waals surface area contributed by atoms with E-state index in [4.69, 9.17) is 5.11 Å². The molecule has 20 heavy (non-hydrogen) atoms. The molecule has 3 rings (SSSR count). The maximum atomic E-state index is 12.3. The van der Waals surface area contributed by atoms with E-state index in [1.54, 1.807) is 16.6 Å². The van der Waals surface area contributed by atoms with E-state index < -0.39 is 0 Å². The molecule has 1 N–H and O–H groups in total. The summed E-state index contributed by atoms with van der Waals surface area (Å²) in [6, 6.07) is 11.6. The highest BCUT2D eigenvalue weighted by Gasteiger charge is 2.32. The highest BCUT2D eigenvalue weighted by Crippen LogP contribution is 2.22. The Bertz CT molecular complexity index is 615. The van der Waals surface area contributed by atoms with Crippen LogP contribution in [0.25, 0.3) is 11.3 Å². The number of aromatic nitrogens is 2. The second-order valence-electron chi connectivity index (χ2n) is 5.16. The molecule has 1 saturated heterocycles. The lowest BCUT2D eigenvalue weighted by atomic mass is 10.0. The van der Waals surface area contributed by atoms with E-state index >= 15 is 0 Å². The van der Waals surface area contributed by atoms with E-state index in [-0.39, 0.29) is 18.4 Å². The number of benzene rings is 1. The van der Waals surface area contributed by atoms with Gasteiger partial charge < -0.3 is 10.0 Å². The molecule has 2 aromatic rings. The summed E-state index contributed by atoms with van der Waals surface area (Å²) >= 11 is 0. The fraction of sp³-hybridized carbons (Fsp3) is 0.333. The second kappa shape index (κ2) is 5.09. The summed E-state index contributed by atoms with van der Waals surface area (Å²) in [6.07, 6.45) is 0. The van der Waals surface area contributed by atoms with E-state index in [2.05, 4.69) is 5.10 Å². The van der Waals surface area contributed by atoms with E-state index in [9.17, 15) is 4.79 Å². The second-order valence-corrected chi connectivity index (χ2v) is 5.16. The molecule has 0 spiro atoms. The maximum Gasteiger partial charge on any atom is 0.272 e. The molecule has 5 heteroatoms. The number of carbonyl (C=O) groups excluding carboxylic acids is 1. The third kappa shape index (κ3) is 2.20. The number of amides is 1. The molecule has 5 nitrogen and oxygen atoms in total. The van der Waals surface area contributed by atoms with Crippen molar-refractivity contribution in [3.05, 3.63) is 42.1 Å². The molecule has 1 amide bonds. The third-order valence-electron chi connectivity index (χ3n) is 3.67. The third-order valence-corrected chi connectivity index (χ3v) is 3.67. The van der Waals surface area contributed by atoms with Crippen molar-refractivity contribution in [3.63, 3.8) is 0 Å². The molecule has 1 aliphatic rings. The Balaban J connectivity index is 1.81. The summed E-state index contributed by atoms with van der Waals surface area (Å²) in [5, 5.41) is 13.4. The van der Waals surface area contributed by atoms with Crippen LogP contribution in [0.4, 0.5) is 0 Å². The Hall–Kier alpha value is -2.14. The Morgan fingerprint density at radius 2 is 2.05 bits per heavy atom. The Morgan fingerprint density at radius 3 is 2.70 bits per heavy atom. The molecular weight excluding hydrogens is 254 g/mol. The van der Waals surface area contributed by atoms with E-state index in [1.807, 2.05) is 36.4 Å². The van der Waals surface area contributed by atoms with Crippen molar-refractivity contribution in [2.45, 2.75) is 0 Å². The zero-order valence-electron chi connectivity index (χ0n) is 11.4. The van der Waals surface area contributed by atoms with Crippen molar-refractivity contribution in [2.75, 3.05) is 19.7 Å². The first-order valence-corrected chi connectivity index (χ1v) is 6.68. The van der Waals surface area contributed by atoms with Crippen LogP contribution in [0.15, 0.2) is 36.4 Å². The van der Waals surface area contributed by atoms with Crippen LogP contribution in [0.3, 0.4) is 0 Å². The number of aliphatic hydroxyl groups is 1. The van der Waals surface area contributed by atoms with E-state index in [0.29, 0.717) is 18.8 Å². The summed E-state index contributed by atoms with van der Waals surface area (Å²) in [4.78, 5) is 14.1. The number of nitrogens with zero attached hydrogens (tertiary/aromatic N) is 3. The van der Waals surface area contributed by atoms with Crippen LogP contribution in [-0.2, 0) is 7.05 Å². The van der Waals surface area contributed by atoms with Crippen LogP contribution < -0.4 is 0 Å². The molecule has 0 aliphatic carbocycles. The predicted octanol–water partition coefficient (Wildman–Crippen LogP) is 1.15. The summed E-state index contributed by atoms with van der Waals surface area (Å²) < 4.78 is 1.62. The number of hydrogen-bond donors (Lipinski definition) is 1. The van der Waals surface area contributed by atoms with Crippen LogP contribution in [0, 0.1) is 5.92 Å². The van der Waals surface area contributed by atoms with Crippen molar-refractivity contribution in [1.29, 1.82) is 0 Å². The normalized spacial score (nSPS) is 15.2. The number of aryl methyl sites for hydroxylation is 1. The SMILES string of the molecule is Cn1nc(-c2ccccc2)cc1C(=O)N1CC(CO)C1. The van der Waals surface area contributed by atoms with Gasteiger partial charge in [0.1, 0.15) is 5.69 Å². The van der Waals surface area contributed by atoms with Gasteiger partial charge in [0.05, 0.1) is 5.69 Å². The van der Waals surface area contributed by atoms with Crippen LogP contribution in [-0.4, -0.2) is 45.4 Å². The Kier molecular flexibility index (Phi) is 3.28. The fourth-order valence-corrected chi connectivity index (χ4v) is 2.43. The maximum absolute atomic E-state index is 12.3. The average molecular weight is 271 g/mol. The monoisotopic (exact) mass is 271 g/mol. The quantitative estimate of drug-likeness (QED) is 0.911. The topological polar surface area (TPSA) is 58.4 Å². The summed E-state index contributed by atoms with van der Waals surface area (Å²) in [5.41, 5.74) is 2.38. The zero-order valence-corrected chi connectivity index (χ0v) is 11.4. The average Bonchev–Trinajstić information content (AvgIpc) is 2.80. The summed E-state index contributed by atoms with van der Waals surface area (Å²) in [6.45, 7) is 1.40. The lowest BCUT2D eigenvalue weighted by Gasteiger charge is -2.38. The van der Waals surface area contributed by atoms with Gasteiger partial charge >= 0.3 is 0 Å². The van der Waals surface area contributed by atoms with Crippen molar-refractivity contribution in [1.82, 2.24) is 14.7 Å². The van der Waals surface area contributed by atoms with Gasteiger partial charge in [0.15, 0.2) is 0 Å². The molecule has 1 aromatic heterocycles. The molecule has 0 unspecified atom stereocenters. The number of aliphatic hydroxyl groups excluding tert-OH is 1. The van der Waals surface area contributed by atoms with Crippen molar-refractivity contribution in [3.8, 4) is 11.3 Å². The molecule has 1 aromatic carbocycles. The van der Waals surface area contributed by atoms with Gasteiger partial charge in [-0.25, -0.2) is 0 Å². The van der Waals surface area contributed by atoms with Crippen LogP contribution in [0.2, 0.25) is 0 Å². The van der Waals surface area contributed by atoms with Gasteiger partial charge in [-0.2, -0.15) is 5.10 Å². The Morgan fingerprint density at radius 1 is 1.35 bits per heavy atom. The van der Waals surface area contributed by atoms with Gasteiger partial charge in [0, 0.05) is 38.2 Å². The number of likely N-dealkylation sites (tertiary alicyclic amines) is 1. The van der Waals surface area contributed by atoms with Crippen molar-refractivity contribution in [2.24, 2.45) is 13.0 Å². The van der Waals surface area contributed by atoms with E-state index in [1.165, 1.54) is 0 Å². The van der Waals surface area contributed by atoms with Crippen LogP contribution in [0.5, 0.6) is 0 Å². The van der Waals surface area contributed by atoms with Crippen molar-refractivity contribution < 1.29 is 9.90 Å². The molecular formula is C15H17N3O2. The highest BCUT2D eigenvalue weighted by molar-refractivity contribution is 5.94. The summed E-state index contributed by atoms with van der Waals surface area (Å²) in [7, 11) is 1.78. The molecule has 1 aliphatic heterocycles. The fourth-order valence-electron chi connectivity index (χ4n) is 2.43. The lowest BCUT2D eigenvalue weighted by molar-refractivity contribution is 0.0352. The number of hydrogen-bond acceptors (Lipinski definition) is 3. The minimum Gasteiger partial charge on any atom is -0.396 e. The molecule has 0 bridgehead atoms. The van der Waals surface area contributed by atoms with Gasteiger partial charge in [-0.3, -0.25) is 9.48 Å². The first-order valence-electron chi connectivity index (χ1n) is 6.68. The summed E-state index contributed by atoms with van der Waals surface area (Å²) in [5.74, 6) is 0.202. The van der Waals surface area contributed by atoms with Gasteiger partial charge in [-0.05, 0) is 6.07 Å². The minimum atomic E-state index is -0.0214. The number of carbonyl (C=O) groups is 1. The van der Waals surface area contributed by atoms with E-state index in [0.717, 1.165) is 11.3 Å². The van der Waals surface area contributed by atoms with Gasteiger partial charge in [0.2, 0.25) is 0 Å². The number of rotatable bonds is 3. The molecule has 0 radical (unpaired) electrons. The van der Waals surface area contributed by atoms with Gasteiger partial charge in [-0.1, -0.05) is 30.3 Å². The molecule has 1 fully saturated rings. The Labute approximate surface area is 117 Å². The van der Waals surface area contributed by atoms with Crippen molar-refractivity contribution >= 4 is 5.91 Å². The van der Waals surface area contributed by atoms with Gasteiger partial charge in [0.25, 0.3) is 5.91 Å². The van der Waals surface area contributed by atoms with Crippen LogP contribution in [0.1, 0.15) is 10.5 Å². The van der Waals surface area contributed by atoms with Gasteiger partial charge in [-0.15, -0.1) is 0 Å². The molecule has 0 saturated carbocycles. The smallest absolute Gasteiger partial charge is 0.272 e. The molecule has 104 valence electrons. The molecule has 2 heterocycles. The zero-order chi connectivity index (χ0) is 14.1. The lowest BCUT2D eigenvalue weighted by Crippen LogP contribution is -2.51. The first-order chi connectivity index (χ1) is 9.69. The standard InChI is InChI=1S/C15H17N3O2/c1-17-14(15(20)18-8-11(9-18)10-19)7-13(16-17)12-5-3-2-4-6-12/h2-7,11,19H,8-10H2,1H3. The highest BCUT2D eigenvalue weighted by atomic mass is 16.3. The largest absolute Gasteiger partial charge is 0.396 e. The predicted molar refractivity (Wildman–Crippen MR) is 75.1 cm³/mol. The minimum absolute atomic E-state index is 0.0214. The molecule has 0 atom stereocenters.